The van der Waals surface area contributed by atoms with Gasteiger partial charge >= 0.3 is 0 Å². The van der Waals surface area contributed by atoms with Gasteiger partial charge in [0, 0.05) is 31.6 Å². The number of nitrogens with one attached hydrogen (secondary N) is 1. The molecule has 0 radical (unpaired) electrons. The number of carbonyl (C=O) groups is 2. The van der Waals surface area contributed by atoms with Gasteiger partial charge in [-0.3, -0.25) is 14.5 Å². The molecule has 1 fully saturated rings. The Kier molecular flexibility index (Phi) is 7.29. The van der Waals surface area contributed by atoms with Crippen molar-refractivity contribution in [1.29, 1.82) is 0 Å². The van der Waals surface area contributed by atoms with Crippen molar-refractivity contribution in [1.82, 2.24) is 4.90 Å². The summed E-state index contributed by atoms with van der Waals surface area (Å²) in [7, 11) is 1.55. The van der Waals surface area contributed by atoms with E-state index in [1.807, 2.05) is 43.3 Å². The zero-order chi connectivity index (χ0) is 23.2. The van der Waals surface area contributed by atoms with E-state index in [-0.39, 0.29) is 30.7 Å². The number of nitrogens with zero attached hydrogens (tertiary/aromatic N) is 2. The minimum Gasteiger partial charge on any atom is -0.494 e. The zero-order valence-corrected chi connectivity index (χ0v) is 19.3. The average molecular weight is 450 g/mol. The van der Waals surface area contributed by atoms with Gasteiger partial charge < -0.3 is 19.7 Å². The molecule has 0 bridgehead atoms. The number of benzene rings is 2. The Labute approximate surface area is 195 Å². The van der Waals surface area contributed by atoms with Crippen molar-refractivity contribution in [3.8, 4) is 5.75 Å². The highest BCUT2D eigenvalue weighted by atomic mass is 16.5. The minimum atomic E-state index is -0.345. The Morgan fingerprint density at radius 2 is 1.61 bits per heavy atom. The molecule has 4 rings (SSSR count). The van der Waals surface area contributed by atoms with Crippen LogP contribution in [0.15, 0.2) is 54.2 Å². The third kappa shape index (κ3) is 5.03. The normalized spacial score (nSPS) is 16.2. The fourth-order valence-corrected chi connectivity index (χ4v) is 4.16. The van der Waals surface area contributed by atoms with E-state index in [0.29, 0.717) is 17.7 Å². The topological polar surface area (TPSA) is 71.1 Å². The number of methoxy groups -OCH3 is 1. The van der Waals surface area contributed by atoms with Crippen molar-refractivity contribution in [2.45, 2.75) is 26.2 Å². The highest BCUT2D eigenvalue weighted by molar-refractivity contribution is 6.36. The molecule has 0 aliphatic carbocycles. The van der Waals surface area contributed by atoms with Crippen LogP contribution in [0.1, 0.15) is 31.7 Å². The van der Waals surface area contributed by atoms with Gasteiger partial charge in [-0.1, -0.05) is 19.1 Å². The number of anilines is 2. The van der Waals surface area contributed by atoms with Crippen molar-refractivity contribution >= 4 is 28.8 Å². The molecule has 0 spiro atoms. The Bertz CT molecular complexity index is 1010. The monoisotopic (exact) mass is 449 g/mol. The molecule has 174 valence electrons. The van der Waals surface area contributed by atoms with E-state index >= 15 is 0 Å². The molecule has 7 nitrogen and oxygen atoms in total. The fraction of sp³-hybridized carbons (Fsp3) is 0.385. The van der Waals surface area contributed by atoms with Crippen LogP contribution >= 0.6 is 0 Å². The van der Waals surface area contributed by atoms with Gasteiger partial charge in [0.25, 0.3) is 11.8 Å². The van der Waals surface area contributed by atoms with E-state index in [4.69, 9.17) is 9.47 Å². The van der Waals surface area contributed by atoms with Gasteiger partial charge in [0.15, 0.2) is 0 Å². The van der Waals surface area contributed by atoms with E-state index in [2.05, 4.69) is 22.3 Å². The van der Waals surface area contributed by atoms with Crippen molar-refractivity contribution in [3.63, 3.8) is 0 Å². The first-order chi connectivity index (χ1) is 16.1. The second-order valence-electron chi connectivity index (χ2n) is 8.24. The van der Waals surface area contributed by atoms with E-state index in [1.54, 1.807) is 7.11 Å². The Morgan fingerprint density at radius 3 is 2.24 bits per heavy atom. The summed E-state index contributed by atoms with van der Waals surface area (Å²) in [6.07, 6.45) is 3.35. The Hall–Kier alpha value is -3.32. The summed E-state index contributed by atoms with van der Waals surface area (Å²) in [6.45, 7) is 5.31. The zero-order valence-electron chi connectivity index (χ0n) is 19.3. The van der Waals surface area contributed by atoms with Gasteiger partial charge in [-0.15, -0.1) is 0 Å². The molecular formula is C26H31N3O4. The molecule has 33 heavy (non-hydrogen) atoms. The van der Waals surface area contributed by atoms with Crippen molar-refractivity contribution in [2.75, 3.05) is 50.2 Å². The van der Waals surface area contributed by atoms with Gasteiger partial charge in [-0.05, 0) is 61.2 Å². The maximum Gasteiger partial charge on any atom is 0.278 e. The summed E-state index contributed by atoms with van der Waals surface area (Å²) in [5.41, 5.74) is 3.26. The molecule has 0 saturated carbocycles. The molecule has 1 N–H and O–H groups in total. The third-order valence-electron chi connectivity index (χ3n) is 5.91. The van der Waals surface area contributed by atoms with Gasteiger partial charge in [0.1, 0.15) is 11.4 Å². The molecule has 2 aliphatic heterocycles. The lowest BCUT2D eigenvalue weighted by Crippen LogP contribution is -2.35. The molecule has 2 aromatic carbocycles. The van der Waals surface area contributed by atoms with Crippen LogP contribution in [0.2, 0.25) is 0 Å². The molecule has 0 aromatic heterocycles. The molecular weight excluding hydrogens is 418 g/mol. The van der Waals surface area contributed by atoms with Crippen LogP contribution in [0.4, 0.5) is 11.4 Å². The lowest BCUT2D eigenvalue weighted by Gasteiger charge is -2.18. The fourth-order valence-electron chi connectivity index (χ4n) is 4.16. The molecule has 1 saturated heterocycles. The van der Waals surface area contributed by atoms with Crippen molar-refractivity contribution in [2.24, 2.45) is 0 Å². The highest BCUT2D eigenvalue weighted by Gasteiger charge is 2.39. The summed E-state index contributed by atoms with van der Waals surface area (Å²) >= 11 is 0. The van der Waals surface area contributed by atoms with Crippen LogP contribution in [0.3, 0.4) is 0 Å². The standard InChI is InChI=1S/C26H31N3O4/c1-3-17-33-22-12-6-19(7-13-22)23-24(26(31)29(25(23)30)16-18-32-2)27-20-8-10-21(11-9-20)28-14-4-5-15-28/h6-13,27H,3-5,14-18H2,1-2H3. The Morgan fingerprint density at radius 1 is 0.909 bits per heavy atom. The maximum atomic E-state index is 13.2. The number of imide groups is 1. The maximum absolute atomic E-state index is 13.2. The smallest absolute Gasteiger partial charge is 0.278 e. The molecule has 2 aromatic rings. The van der Waals surface area contributed by atoms with Crippen LogP contribution in [0.5, 0.6) is 5.75 Å². The summed E-state index contributed by atoms with van der Waals surface area (Å²) in [4.78, 5) is 30.0. The number of ether oxygens (including phenoxy) is 2. The predicted molar refractivity (Wildman–Crippen MR) is 129 cm³/mol. The lowest BCUT2D eigenvalue weighted by molar-refractivity contribution is -0.137. The largest absolute Gasteiger partial charge is 0.494 e. The summed E-state index contributed by atoms with van der Waals surface area (Å²) < 4.78 is 10.8. The summed E-state index contributed by atoms with van der Waals surface area (Å²) in [5, 5.41) is 3.22. The van der Waals surface area contributed by atoms with Crippen LogP contribution in [0, 0.1) is 0 Å². The van der Waals surface area contributed by atoms with E-state index in [1.165, 1.54) is 23.4 Å². The number of hydrogen-bond acceptors (Lipinski definition) is 6. The molecule has 0 unspecified atom stereocenters. The molecule has 2 heterocycles. The first kappa shape index (κ1) is 22.9. The molecule has 7 heteroatoms. The van der Waals surface area contributed by atoms with E-state index < -0.39 is 0 Å². The van der Waals surface area contributed by atoms with Crippen LogP contribution in [-0.4, -0.2) is 56.7 Å². The first-order valence-electron chi connectivity index (χ1n) is 11.6. The van der Waals surface area contributed by atoms with Gasteiger partial charge in [0.05, 0.1) is 25.3 Å². The second kappa shape index (κ2) is 10.5. The van der Waals surface area contributed by atoms with E-state index in [9.17, 15) is 9.59 Å². The summed E-state index contributed by atoms with van der Waals surface area (Å²) in [5.74, 6) is 0.0682. The molecule has 2 amide bonds. The van der Waals surface area contributed by atoms with Crippen LogP contribution < -0.4 is 15.0 Å². The number of hydrogen-bond donors (Lipinski definition) is 1. The first-order valence-corrected chi connectivity index (χ1v) is 11.6. The molecule has 0 atom stereocenters. The predicted octanol–water partition coefficient (Wildman–Crippen LogP) is 3.91. The van der Waals surface area contributed by atoms with Crippen LogP contribution in [0.25, 0.3) is 5.57 Å². The van der Waals surface area contributed by atoms with Crippen molar-refractivity contribution in [3.05, 3.63) is 59.8 Å². The number of rotatable bonds is 10. The quantitative estimate of drug-likeness (QED) is 0.555. The number of amides is 2. The van der Waals surface area contributed by atoms with Crippen LogP contribution in [-0.2, 0) is 14.3 Å². The van der Waals surface area contributed by atoms with Gasteiger partial charge in [-0.2, -0.15) is 0 Å². The van der Waals surface area contributed by atoms with Gasteiger partial charge in [-0.25, -0.2) is 0 Å². The van der Waals surface area contributed by atoms with E-state index in [0.717, 1.165) is 30.9 Å². The minimum absolute atomic E-state index is 0.203. The lowest BCUT2D eigenvalue weighted by atomic mass is 10.0. The average Bonchev–Trinajstić information content (AvgIpc) is 3.45. The third-order valence-corrected chi connectivity index (χ3v) is 5.91. The number of carbonyl (C=O) groups excluding carboxylic acids is 2. The van der Waals surface area contributed by atoms with Crippen molar-refractivity contribution < 1.29 is 19.1 Å². The second-order valence-corrected chi connectivity index (χ2v) is 8.24. The molecule has 2 aliphatic rings. The Balaban J connectivity index is 1.61. The van der Waals surface area contributed by atoms with Gasteiger partial charge in [0.2, 0.25) is 0 Å². The SMILES string of the molecule is CCCOc1ccc(C2=C(Nc3ccc(N4CCCC4)cc3)C(=O)N(CCOC)C2=O)cc1. The highest BCUT2D eigenvalue weighted by Crippen LogP contribution is 2.32. The summed E-state index contributed by atoms with van der Waals surface area (Å²) in [6, 6.07) is 15.3.